The fraction of sp³-hybridized carbons (Fsp3) is 0.296. The zero-order valence-electron chi connectivity index (χ0n) is 18.7. The highest BCUT2D eigenvalue weighted by Crippen LogP contribution is 2.38. The monoisotopic (exact) mass is 505 g/mol. The largest absolute Gasteiger partial charge is 0.457 e. The van der Waals surface area contributed by atoms with Gasteiger partial charge in [-0.2, -0.15) is 0 Å². The first kappa shape index (κ1) is 22.0. The van der Waals surface area contributed by atoms with Crippen molar-refractivity contribution in [1.82, 2.24) is 14.9 Å². The predicted octanol–water partition coefficient (Wildman–Crippen LogP) is 6.02. The molecular formula is C27H28BrN3O2. The SMILES string of the molecule is Cn1cc(-c2cc(Br)ccc2Oc2ccc(CCC3CCNCC3)cc2)c2cc[nH]c2c1=O. The summed E-state index contributed by atoms with van der Waals surface area (Å²) in [6.07, 6.45) is 8.60. The van der Waals surface area contributed by atoms with Crippen LogP contribution < -0.4 is 15.6 Å². The lowest BCUT2D eigenvalue weighted by Crippen LogP contribution is -2.27. The third kappa shape index (κ3) is 4.77. The standard InChI is InChI=1S/C27H28BrN3O2/c1-31-17-24(22-12-15-30-26(22)27(31)32)23-16-20(28)6-9-25(23)33-21-7-4-18(5-8-21)2-3-19-10-13-29-14-11-19/h4-9,12,15-17,19,29-30H,2-3,10-11,13-14H2,1H3. The molecule has 3 heterocycles. The Kier molecular flexibility index (Phi) is 6.38. The fourth-order valence-corrected chi connectivity index (χ4v) is 5.04. The van der Waals surface area contributed by atoms with E-state index in [1.807, 2.05) is 30.5 Å². The van der Waals surface area contributed by atoms with Crippen molar-refractivity contribution >= 4 is 26.8 Å². The van der Waals surface area contributed by atoms with Crippen LogP contribution in [0, 0.1) is 5.92 Å². The molecule has 0 spiro atoms. The van der Waals surface area contributed by atoms with Crippen molar-refractivity contribution in [3.8, 4) is 22.6 Å². The van der Waals surface area contributed by atoms with E-state index in [0.29, 0.717) is 5.52 Å². The topological polar surface area (TPSA) is 59.0 Å². The highest BCUT2D eigenvalue weighted by atomic mass is 79.9. The van der Waals surface area contributed by atoms with E-state index < -0.39 is 0 Å². The second kappa shape index (κ2) is 9.57. The number of aromatic amines is 1. The molecule has 4 aromatic rings. The molecule has 1 saturated heterocycles. The van der Waals surface area contributed by atoms with Gasteiger partial charge in [0.1, 0.15) is 17.0 Å². The number of fused-ring (bicyclic) bond motifs is 1. The number of hydrogen-bond donors (Lipinski definition) is 2. The Morgan fingerprint density at radius 2 is 1.85 bits per heavy atom. The summed E-state index contributed by atoms with van der Waals surface area (Å²) in [5.41, 5.74) is 3.78. The summed E-state index contributed by atoms with van der Waals surface area (Å²) in [5, 5.41) is 4.32. The van der Waals surface area contributed by atoms with E-state index >= 15 is 0 Å². The van der Waals surface area contributed by atoms with Crippen molar-refractivity contribution in [2.24, 2.45) is 13.0 Å². The average Bonchev–Trinajstić information content (AvgIpc) is 3.33. The van der Waals surface area contributed by atoms with Crippen molar-refractivity contribution in [3.05, 3.63) is 81.3 Å². The number of hydrogen-bond acceptors (Lipinski definition) is 3. The van der Waals surface area contributed by atoms with Crippen molar-refractivity contribution in [2.45, 2.75) is 25.7 Å². The Hall–Kier alpha value is -2.83. The third-order valence-electron chi connectivity index (χ3n) is 6.58. The fourth-order valence-electron chi connectivity index (χ4n) is 4.68. The summed E-state index contributed by atoms with van der Waals surface area (Å²) < 4.78 is 8.90. The maximum atomic E-state index is 12.5. The summed E-state index contributed by atoms with van der Waals surface area (Å²) in [6.45, 7) is 2.30. The van der Waals surface area contributed by atoms with E-state index in [4.69, 9.17) is 4.74 Å². The maximum absolute atomic E-state index is 12.5. The normalized spacial score (nSPS) is 14.6. The van der Waals surface area contributed by atoms with Gasteiger partial charge in [0.25, 0.3) is 5.56 Å². The molecule has 0 radical (unpaired) electrons. The van der Waals surface area contributed by atoms with Crippen molar-refractivity contribution < 1.29 is 4.74 Å². The number of ether oxygens (including phenoxy) is 1. The van der Waals surface area contributed by atoms with Gasteiger partial charge in [-0.25, -0.2) is 0 Å². The average molecular weight is 506 g/mol. The summed E-state index contributed by atoms with van der Waals surface area (Å²) in [5.74, 6) is 2.39. The molecule has 2 aromatic heterocycles. The number of nitrogens with one attached hydrogen (secondary N) is 2. The minimum Gasteiger partial charge on any atom is -0.457 e. The Morgan fingerprint density at radius 1 is 1.06 bits per heavy atom. The third-order valence-corrected chi connectivity index (χ3v) is 7.07. The molecule has 2 N–H and O–H groups in total. The van der Waals surface area contributed by atoms with Gasteiger partial charge < -0.3 is 19.6 Å². The highest BCUT2D eigenvalue weighted by Gasteiger charge is 2.16. The minimum absolute atomic E-state index is 0.0451. The van der Waals surface area contributed by atoms with Crippen LogP contribution in [0.4, 0.5) is 0 Å². The number of H-pyrrole nitrogens is 1. The van der Waals surface area contributed by atoms with Crippen LogP contribution in [0.3, 0.4) is 0 Å². The van der Waals surface area contributed by atoms with Gasteiger partial charge in [-0.3, -0.25) is 4.79 Å². The minimum atomic E-state index is -0.0451. The number of pyridine rings is 1. The molecule has 0 atom stereocenters. The van der Waals surface area contributed by atoms with Crippen LogP contribution in [0.2, 0.25) is 0 Å². The Bertz CT molecular complexity index is 1320. The first-order valence-corrected chi connectivity index (χ1v) is 12.3. The Morgan fingerprint density at radius 3 is 2.64 bits per heavy atom. The molecule has 1 aliphatic heterocycles. The predicted molar refractivity (Wildman–Crippen MR) is 137 cm³/mol. The van der Waals surface area contributed by atoms with Gasteiger partial charge in [-0.1, -0.05) is 28.1 Å². The van der Waals surface area contributed by atoms with Gasteiger partial charge in [0.15, 0.2) is 0 Å². The lowest BCUT2D eigenvalue weighted by atomic mass is 9.91. The van der Waals surface area contributed by atoms with E-state index in [1.54, 1.807) is 17.8 Å². The Labute approximate surface area is 201 Å². The van der Waals surface area contributed by atoms with Crippen LogP contribution in [0.5, 0.6) is 11.5 Å². The molecule has 5 rings (SSSR count). The van der Waals surface area contributed by atoms with Gasteiger partial charge in [0, 0.05) is 40.4 Å². The number of nitrogens with zero attached hydrogens (tertiary/aromatic N) is 1. The van der Waals surface area contributed by atoms with Crippen LogP contribution in [0.1, 0.15) is 24.8 Å². The zero-order valence-corrected chi connectivity index (χ0v) is 20.3. The highest BCUT2D eigenvalue weighted by molar-refractivity contribution is 9.10. The molecule has 33 heavy (non-hydrogen) atoms. The molecule has 0 saturated carbocycles. The van der Waals surface area contributed by atoms with E-state index in [0.717, 1.165) is 57.9 Å². The Balaban J connectivity index is 1.40. The van der Waals surface area contributed by atoms with E-state index in [-0.39, 0.29) is 5.56 Å². The molecule has 0 aliphatic carbocycles. The van der Waals surface area contributed by atoms with Crippen molar-refractivity contribution in [3.63, 3.8) is 0 Å². The summed E-state index contributed by atoms with van der Waals surface area (Å²) in [4.78, 5) is 15.6. The molecular weight excluding hydrogens is 478 g/mol. The molecule has 6 heteroatoms. The molecule has 1 fully saturated rings. The number of rotatable bonds is 6. The molecule has 1 aliphatic rings. The molecule has 0 amide bonds. The second-order valence-corrected chi connectivity index (χ2v) is 9.76. The molecule has 0 bridgehead atoms. The van der Waals surface area contributed by atoms with Gasteiger partial charge >= 0.3 is 0 Å². The van der Waals surface area contributed by atoms with Gasteiger partial charge in [0.05, 0.1) is 0 Å². The number of aromatic nitrogens is 2. The zero-order chi connectivity index (χ0) is 22.8. The van der Waals surface area contributed by atoms with Crippen LogP contribution in [-0.4, -0.2) is 22.6 Å². The van der Waals surface area contributed by atoms with Gasteiger partial charge in [-0.05, 0) is 86.7 Å². The van der Waals surface area contributed by atoms with Crippen LogP contribution in [0.25, 0.3) is 22.0 Å². The maximum Gasteiger partial charge on any atom is 0.274 e. The quantitative estimate of drug-likeness (QED) is 0.336. The first-order chi connectivity index (χ1) is 16.1. The number of aryl methyl sites for hydroxylation is 2. The van der Waals surface area contributed by atoms with Crippen molar-refractivity contribution in [2.75, 3.05) is 13.1 Å². The van der Waals surface area contributed by atoms with Crippen molar-refractivity contribution in [1.29, 1.82) is 0 Å². The lowest BCUT2D eigenvalue weighted by Gasteiger charge is -2.22. The number of piperidine rings is 1. The molecule has 0 unspecified atom stereocenters. The van der Waals surface area contributed by atoms with E-state index in [9.17, 15) is 4.79 Å². The first-order valence-electron chi connectivity index (χ1n) is 11.5. The van der Waals surface area contributed by atoms with Gasteiger partial charge in [0.2, 0.25) is 0 Å². The van der Waals surface area contributed by atoms with E-state index in [2.05, 4.69) is 50.5 Å². The van der Waals surface area contributed by atoms with Gasteiger partial charge in [-0.15, -0.1) is 0 Å². The molecule has 2 aromatic carbocycles. The van der Waals surface area contributed by atoms with Crippen LogP contribution >= 0.6 is 15.9 Å². The summed E-state index contributed by atoms with van der Waals surface area (Å²) in [7, 11) is 1.77. The van der Waals surface area contributed by atoms with E-state index in [1.165, 1.54) is 24.8 Å². The summed E-state index contributed by atoms with van der Waals surface area (Å²) >= 11 is 3.59. The molecule has 170 valence electrons. The number of halogens is 1. The second-order valence-electron chi connectivity index (χ2n) is 8.84. The van der Waals surface area contributed by atoms with Crippen LogP contribution in [0.15, 0.2) is 70.2 Å². The molecule has 5 nitrogen and oxygen atoms in total. The summed E-state index contributed by atoms with van der Waals surface area (Å²) in [6, 6.07) is 16.4. The lowest BCUT2D eigenvalue weighted by molar-refractivity contribution is 0.354. The van der Waals surface area contributed by atoms with Crippen LogP contribution in [-0.2, 0) is 13.5 Å². The smallest absolute Gasteiger partial charge is 0.274 e. The number of benzene rings is 2.